The zero-order valence-electron chi connectivity index (χ0n) is 12.1. The molecule has 0 saturated heterocycles. The van der Waals surface area contributed by atoms with Crippen LogP contribution in [0, 0.1) is 12.8 Å². The van der Waals surface area contributed by atoms with Gasteiger partial charge in [0, 0.05) is 6.20 Å². The highest BCUT2D eigenvalue weighted by Crippen LogP contribution is 2.24. The predicted octanol–water partition coefficient (Wildman–Crippen LogP) is 2.84. The summed E-state index contributed by atoms with van der Waals surface area (Å²) in [6, 6.07) is 3.39. The fourth-order valence-electron chi connectivity index (χ4n) is 1.58. The Kier molecular flexibility index (Phi) is 4.74. The number of amides is 1. The molecule has 6 nitrogen and oxygen atoms in total. The minimum absolute atomic E-state index is 0.272. The first-order chi connectivity index (χ1) is 9.97. The number of aromatic amines is 1. The second-order valence-corrected chi connectivity index (χ2v) is 5.96. The molecule has 0 radical (unpaired) electrons. The molecule has 0 atom stereocenters. The van der Waals surface area contributed by atoms with E-state index >= 15 is 0 Å². The van der Waals surface area contributed by atoms with E-state index in [1.807, 2.05) is 13.8 Å². The second-order valence-electron chi connectivity index (χ2n) is 4.96. The summed E-state index contributed by atoms with van der Waals surface area (Å²) >= 11 is 1.11. The Morgan fingerprint density at radius 2 is 2.24 bits per heavy atom. The monoisotopic (exact) mass is 307 g/mol. The van der Waals surface area contributed by atoms with E-state index in [2.05, 4.69) is 15.3 Å². The normalized spacial score (nSPS) is 10.7. The molecular weight excluding hydrogens is 290 g/mol. The Morgan fingerprint density at radius 3 is 2.86 bits per heavy atom. The molecule has 0 aliphatic heterocycles. The summed E-state index contributed by atoms with van der Waals surface area (Å²) in [7, 11) is 0. The molecule has 0 bridgehead atoms. The van der Waals surface area contributed by atoms with Crippen LogP contribution >= 0.6 is 11.3 Å². The number of carbonyl (C=O) groups is 2. The number of hydrogen-bond donors (Lipinski definition) is 2. The zero-order valence-corrected chi connectivity index (χ0v) is 12.9. The Labute approximate surface area is 126 Å². The third-order valence-corrected chi connectivity index (χ3v) is 3.65. The summed E-state index contributed by atoms with van der Waals surface area (Å²) in [4.78, 5) is 31.2. The van der Waals surface area contributed by atoms with Gasteiger partial charge in [0.05, 0.1) is 12.3 Å². The summed E-state index contributed by atoms with van der Waals surface area (Å²) < 4.78 is 5.17. The van der Waals surface area contributed by atoms with Crippen LogP contribution < -0.4 is 5.32 Å². The van der Waals surface area contributed by atoms with Crippen LogP contribution in [-0.4, -0.2) is 28.5 Å². The quantitative estimate of drug-likeness (QED) is 0.832. The van der Waals surface area contributed by atoms with Gasteiger partial charge in [0.2, 0.25) is 0 Å². The number of hydrogen-bond acceptors (Lipinski definition) is 5. The minimum atomic E-state index is -0.404. The van der Waals surface area contributed by atoms with E-state index in [1.54, 1.807) is 25.3 Å². The summed E-state index contributed by atoms with van der Waals surface area (Å²) in [6.45, 7) is 6.01. The lowest BCUT2D eigenvalue weighted by Crippen LogP contribution is -2.11. The Hall–Kier alpha value is -2.15. The number of ether oxygens (including phenoxy) is 1. The molecular formula is C14H17N3O3S. The number of anilines is 1. The fraction of sp³-hybridized carbons (Fsp3) is 0.357. The highest BCUT2D eigenvalue weighted by Gasteiger charge is 2.18. The van der Waals surface area contributed by atoms with E-state index in [0.717, 1.165) is 11.3 Å². The van der Waals surface area contributed by atoms with Crippen molar-refractivity contribution in [3.8, 4) is 0 Å². The molecule has 0 spiro atoms. The van der Waals surface area contributed by atoms with Crippen molar-refractivity contribution in [1.29, 1.82) is 0 Å². The lowest BCUT2D eigenvalue weighted by molar-refractivity contribution is 0.0463. The first-order valence-corrected chi connectivity index (χ1v) is 7.38. The molecule has 2 N–H and O–H groups in total. The van der Waals surface area contributed by atoms with E-state index in [4.69, 9.17) is 4.74 Å². The van der Waals surface area contributed by atoms with Crippen molar-refractivity contribution >= 4 is 28.3 Å². The van der Waals surface area contributed by atoms with Crippen molar-refractivity contribution in [2.45, 2.75) is 20.8 Å². The molecule has 0 unspecified atom stereocenters. The molecule has 1 amide bonds. The standard InChI is InChI=1S/C14H17N3O3S/c1-8(2)7-20-13(19)11-9(3)16-14(21-11)17-12(18)10-5-4-6-15-10/h4-6,8,15H,7H2,1-3H3,(H,16,17,18). The number of aromatic nitrogens is 2. The molecule has 112 valence electrons. The van der Waals surface area contributed by atoms with E-state index < -0.39 is 5.97 Å². The number of thiazole rings is 1. The van der Waals surface area contributed by atoms with Gasteiger partial charge in [0.1, 0.15) is 10.6 Å². The number of esters is 1. The number of carbonyl (C=O) groups excluding carboxylic acids is 2. The molecule has 7 heteroatoms. The van der Waals surface area contributed by atoms with Crippen LogP contribution in [-0.2, 0) is 4.74 Å². The summed E-state index contributed by atoms with van der Waals surface area (Å²) in [6.07, 6.45) is 1.66. The van der Waals surface area contributed by atoms with Crippen LogP contribution in [0.5, 0.6) is 0 Å². The van der Waals surface area contributed by atoms with Gasteiger partial charge in [-0.3, -0.25) is 10.1 Å². The van der Waals surface area contributed by atoms with Crippen LogP contribution in [0.15, 0.2) is 18.3 Å². The largest absolute Gasteiger partial charge is 0.461 e. The van der Waals surface area contributed by atoms with Crippen molar-refractivity contribution in [2.75, 3.05) is 11.9 Å². The minimum Gasteiger partial charge on any atom is -0.461 e. The Balaban J connectivity index is 2.05. The number of rotatable bonds is 5. The molecule has 2 aromatic rings. The zero-order chi connectivity index (χ0) is 15.4. The van der Waals surface area contributed by atoms with E-state index in [-0.39, 0.29) is 11.8 Å². The van der Waals surface area contributed by atoms with Gasteiger partial charge in [-0.1, -0.05) is 25.2 Å². The van der Waals surface area contributed by atoms with Gasteiger partial charge in [0.15, 0.2) is 5.13 Å². The molecule has 0 aliphatic carbocycles. The average molecular weight is 307 g/mol. The van der Waals surface area contributed by atoms with E-state index in [0.29, 0.717) is 28.0 Å². The van der Waals surface area contributed by atoms with Crippen LogP contribution in [0.1, 0.15) is 39.7 Å². The number of aryl methyl sites for hydroxylation is 1. The lowest BCUT2D eigenvalue weighted by Gasteiger charge is -2.05. The number of H-pyrrole nitrogens is 1. The molecule has 0 fully saturated rings. The van der Waals surface area contributed by atoms with Crippen molar-refractivity contribution in [3.63, 3.8) is 0 Å². The molecule has 2 rings (SSSR count). The highest BCUT2D eigenvalue weighted by molar-refractivity contribution is 7.17. The molecule has 0 aliphatic rings. The first kappa shape index (κ1) is 15.2. The van der Waals surface area contributed by atoms with Gasteiger partial charge in [0.25, 0.3) is 5.91 Å². The van der Waals surface area contributed by atoms with Gasteiger partial charge in [-0.2, -0.15) is 0 Å². The van der Waals surface area contributed by atoms with Crippen molar-refractivity contribution in [2.24, 2.45) is 5.92 Å². The molecule has 0 aromatic carbocycles. The maximum absolute atomic E-state index is 11.9. The number of nitrogens with one attached hydrogen (secondary N) is 2. The second kappa shape index (κ2) is 6.53. The predicted molar refractivity (Wildman–Crippen MR) is 80.7 cm³/mol. The lowest BCUT2D eigenvalue weighted by atomic mass is 10.2. The van der Waals surface area contributed by atoms with E-state index in [1.165, 1.54) is 0 Å². The van der Waals surface area contributed by atoms with Crippen LogP contribution in [0.4, 0.5) is 5.13 Å². The van der Waals surface area contributed by atoms with Crippen molar-refractivity contribution in [3.05, 3.63) is 34.6 Å². The number of nitrogens with zero attached hydrogens (tertiary/aromatic N) is 1. The third kappa shape index (κ3) is 3.91. The first-order valence-electron chi connectivity index (χ1n) is 6.56. The van der Waals surface area contributed by atoms with Gasteiger partial charge >= 0.3 is 5.97 Å². The van der Waals surface area contributed by atoms with E-state index in [9.17, 15) is 9.59 Å². The van der Waals surface area contributed by atoms with Crippen molar-refractivity contribution in [1.82, 2.24) is 9.97 Å². The highest BCUT2D eigenvalue weighted by atomic mass is 32.1. The smallest absolute Gasteiger partial charge is 0.350 e. The molecule has 0 saturated carbocycles. The van der Waals surface area contributed by atoms with Gasteiger partial charge in [-0.05, 0) is 25.0 Å². The Morgan fingerprint density at radius 1 is 1.48 bits per heavy atom. The molecule has 21 heavy (non-hydrogen) atoms. The van der Waals surface area contributed by atoms with Gasteiger partial charge in [-0.25, -0.2) is 9.78 Å². The maximum Gasteiger partial charge on any atom is 0.350 e. The summed E-state index contributed by atoms with van der Waals surface area (Å²) in [5.41, 5.74) is 0.988. The molecule has 2 aromatic heterocycles. The summed E-state index contributed by atoms with van der Waals surface area (Å²) in [5, 5.41) is 3.03. The third-order valence-electron chi connectivity index (χ3n) is 2.59. The van der Waals surface area contributed by atoms with Crippen molar-refractivity contribution < 1.29 is 14.3 Å². The molecule has 2 heterocycles. The van der Waals surface area contributed by atoms with Gasteiger partial charge in [-0.15, -0.1) is 0 Å². The Bertz CT molecular complexity index is 632. The maximum atomic E-state index is 11.9. The SMILES string of the molecule is Cc1nc(NC(=O)c2ccc[nH]2)sc1C(=O)OCC(C)C. The summed E-state index contributed by atoms with van der Waals surface area (Å²) in [5.74, 6) is -0.427. The topological polar surface area (TPSA) is 84.1 Å². The average Bonchev–Trinajstić information content (AvgIpc) is 3.05. The van der Waals surface area contributed by atoms with Crippen LogP contribution in [0.2, 0.25) is 0 Å². The van der Waals surface area contributed by atoms with Gasteiger partial charge < -0.3 is 9.72 Å². The van der Waals surface area contributed by atoms with Crippen LogP contribution in [0.3, 0.4) is 0 Å². The van der Waals surface area contributed by atoms with Crippen LogP contribution in [0.25, 0.3) is 0 Å². The fourth-order valence-corrected chi connectivity index (χ4v) is 2.44.